The molecule has 0 saturated heterocycles. The van der Waals surface area contributed by atoms with Gasteiger partial charge in [0.05, 0.1) is 0 Å². The molecule has 0 amide bonds. The first-order valence-corrected chi connectivity index (χ1v) is 4.44. The van der Waals surface area contributed by atoms with Crippen molar-refractivity contribution in [3.05, 3.63) is 35.4 Å². The van der Waals surface area contributed by atoms with Crippen molar-refractivity contribution in [3.63, 3.8) is 0 Å². The Morgan fingerprint density at radius 3 is 2.09 bits per heavy atom. The third-order valence-electron chi connectivity index (χ3n) is 1.97. The van der Waals surface area contributed by atoms with Crippen LogP contribution in [-0.4, -0.2) is 17.7 Å². The van der Waals surface area contributed by atoms with Gasteiger partial charge in [-0.1, -0.05) is 0 Å². The van der Waals surface area contributed by atoms with E-state index in [2.05, 4.69) is 48.9 Å². The zero-order valence-corrected chi connectivity index (χ0v) is 7.43. The Hall–Kier alpha value is -0.183. The molecule has 1 heteroatoms. The fraction of sp³-hybridized carbons (Fsp3) is 0.400. The molecule has 0 aliphatic rings. The molecule has 54 valence electrons. The van der Waals surface area contributed by atoms with Gasteiger partial charge in [0, 0.05) is 0 Å². The summed E-state index contributed by atoms with van der Waals surface area (Å²) in [5.41, 5.74) is 2.90. The average molecular weight is 140 g/mol. The number of hydrogen-bond acceptors (Lipinski definition) is 0. The maximum absolute atomic E-state index is 2.24. The summed E-state index contributed by atoms with van der Waals surface area (Å²) in [5.74, 6) is 0. The topological polar surface area (TPSA) is 0 Å². The van der Waals surface area contributed by atoms with Gasteiger partial charge in [-0.25, -0.2) is 0 Å². The summed E-state index contributed by atoms with van der Waals surface area (Å²) >= 11 is 2.19. The predicted molar refractivity (Wildman–Crippen MR) is 49.9 cm³/mol. The van der Waals surface area contributed by atoms with Crippen molar-refractivity contribution < 1.29 is 0 Å². The van der Waals surface area contributed by atoms with Crippen LogP contribution in [0.4, 0.5) is 0 Å². The van der Waals surface area contributed by atoms with Crippen molar-refractivity contribution in [1.29, 1.82) is 0 Å². The number of rotatable bonds is 3. The molecular formula is C10H13Li. The molecule has 1 rings (SSSR count). The van der Waals surface area contributed by atoms with Gasteiger partial charge in [0.25, 0.3) is 0 Å². The minimum atomic E-state index is 1.15. The second kappa shape index (κ2) is 4.65. The Balaban J connectivity index is 2.66. The molecule has 0 bridgehead atoms. The molecule has 0 saturated carbocycles. The molecule has 11 heavy (non-hydrogen) atoms. The van der Waals surface area contributed by atoms with E-state index in [-0.39, 0.29) is 0 Å². The summed E-state index contributed by atoms with van der Waals surface area (Å²) in [4.78, 5) is 0. The second-order valence-electron chi connectivity index (χ2n) is 2.92. The fourth-order valence-electron chi connectivity index (χ4n) is 1.23. The maximum atomic E-state index is 2.24. The average Bonchev–Trinajstić information content (AvgIpc) is 2.07. The van der Waals surface area contributed by atoms with Crippen molar-refractivity contribution in [2.24, 2.45) is 0 Å². The quantitative estimate of drug-likeness (QED) is 0.565. The molecule has 0 atom stereocenters. The SMILES string of the molecule is [Li][CH2]c1ccc(CCC)cc1. The van der Waals surface area contributed by atoms with Crippen LogP contribution in [0.5, 0.6) is 0 Å². The molecule has 1 aromatic carbocycles. The standard InChI is InChI=1S/C10H13.Li/c1-3-4-10-7-5-9(2)6-8-10;/h5-8H,2-4H2,1H3;. The molecule has 0 unspecified atom stereocenters. The van der Waals surface area contributed by atoms with Gasteiger partial charge in [-0.2, -0.15) is 0 Å². The number of hydrogen-bond donors (Lipinski definition) is 0. The molecular weight excluding hydrogens is 127 g/mol. The van der Waals surface area contributed by atoms with Gasteiger partial charge in [-0.15, -0.1) is 0 Å². The van der Waals surface area contributed by atoms with Crippen LogP contribution < -0.4 is 0 Å². The van der Waals surface area contributed by atoms with Crippen LogP contribution >= 0.6 is 0 Å². The molecule has 0 nitrogen and oxygen atoms in total. The minimum absolute atomic E-state index is 1.15. The fourth-order valence-corrected chi connectivity index (χ4v) is 1.23. The molecule has 0 aliphatic carbocycles. The summed E-state index contributed by atoms with van der Waals surface area (Å²) < 4.78 is 0. The first-order chi connectivity index (χ1) is 5.36. The Kier molecular flexibility index (Phi) is 3.76. The Labute approximate surface area is 78.2 Å². The summed E-state index contributed by atoms with van der Waals surface area (Å²) in [7, 11) is 0. The van der Waals surface area contributed by atoms with E-state index in [1.165, 1.54) is 24.0 Å². The molecule has 0 heterocycles. The van der Waals surface area contributed by atoms with E-state index in [1.54, 1.807) is 0 Å². The van der Waals surface area contributed by atoms with Gasteiger partial charge < -0.3 is 0 Å². The Bertz CT molecular complexity index is 201. The van der Waals surface area contributed by atoms with Gasteiger partial charge >= 0.3 is 78.0 Å². The molecule has 1 aromatic rings. The molecule has 0 aliphatic heterocycles. The van der Waals surface area contributed by atoms with E-state index in [9.17, 15) is 0 Å². The Morgan fingerprint density at radius 2 is 1.64 bits per heavy atom. The van der Waals surface area contributed by atoms with Crippen LogP contribution in [0.15, 0.2) is 24.3 Å². The molecule has 0 aromatic heterocycles. The molecule has 0 radical (unpaired) electrons. The van der Waals surface area contributed by atoms with E-state index < -0.39 is 0 Å². The van der Waals surface area contributed by atoms with Crippen molar-refractivity contribution in [2.75, 3.05) is 0 Å². The first kappa shape index (κ1) is 8.91. The molecule has 0 spiro atoms. The summed E-state index contributed by atoms with van der Waals surface area (Å²) in [6.45, 7) is 2.22. The van der Waals surface area contributed by atoms with E-state index in [4.69, 9.17) is 0 Å². The van der Waals surface area contributed by atoms with Crippen LogP contribution in [-0.2, 0) is 11.5 Å². The third kappa shape index (κ3) is 2.73. The number of benzene rings is 1. The van der Waals surface area contributed by atoms with E-state index >= 15 is 0 Å². The summed E-state index contributed by atoms with van der Waals surface area (Å²) in [6, 6.07) is 8.93. The second-order valence-corrected chi connectivity index (χ2v) is 2.92. The van der Waals surface area contributed by atoms with Gasteiger partial charge in [0.2, 0.25) is 0 Å². The van der Waals surface area contributed by atoms with Gasteiger partial charge in [-0.05, 0) is 0 Å². The zero-order valence-electron chi connectivity index (χ0n) is 7.43. The van der Waals surface area contributed by atoms with E-state index in [0.29, 0.717) is 0 Å². The van der Waals surface area contributed by atoms with Crippen LogP contribution in [0, 0.1) is 0 Å². The van der Waals surface area contributed by atoms with Crippen molar-refractivity contribution in [2.45, 2.75) is 24.9 Å². The third-order valence-corrected chi connectivity index (χ3v) is 1.97. The molecule has 0 N–H and O–H groups in total. The van der Waals surface area contributed by atoms with Crippen molar-refractivity contribution in [1.82, 2.24) is 0 Å². The van der Waals surface area contributed by atoms with Crippen LogP contribution in [0.3, 0.4) is 0 Å². The first-order valence-electron chi connectivity index (χ1n) is 4.44. The van der Waals surface area contributed by atoms with Crippen molar-refractivity contribution >= 4 is 17.7 Å². The van der Waals surface area contributed by atoms with Crippen LogP contribution in [0.1, 0.15) is 24.5 Å². The summed E-state index contributed by atoms with van der Waals surface area (Å²) in [5, 5.41) is 1.15. The van der Waals surface area contributed by atoms with Gasteiger partial charge in [0.15, 0.2) is 0 Å². The zero-order chi connectivity index (χ0) is 8.10. The van der Waals surface area contributed by atoms with E-state index in [1.807, 2.05) is 0 Å². The van der Waals surface area contributed by atoms with Gasteiger partial charge in [-0.3, -0.25) is 0 Å². The van der Waals surface area contributed by atoms with Crippen molar-refractivity contribution in [3.8, 4) is 0 Å². The van der Waals surface area contributed by atoms with Crippen LogP contribution in [0.25, 0.3) is 0 Å². The number of aryl methyl sites for hydroxylation is 1. The Morgan fingerprint density at radius 1 is 1.09 bits per heavy atom. The monoisotopic (exact) mass is 140 g/mol. The summed E-state index contributed by atoms with van der Waals surface area (Å²) in [6.07, 6.45) is 2.45. The van der Waals surface area contributed by atoms with Gasteiger partial charge in [0.1, 0.15) is 0 Å². The predicted octanol–water partition coefficient (Wildman–Crippen LogP) is 2.31. The normalized spacial score (nSPS) is 10.1. The van der Waals surface area contributed by atoms with Crippen LogP contribution in [0.2, 0.25) is 0 Å². The molecule has 0 fully saturated rings. The van der Waals surface area contributed by atoms with E-state index in [0.717, 1.165) is 5.09 Å².